The summed E-state index contributed by atoms with van der Waals surface area (Å²) >= 11 is 0. The molecule has 24 heavy (non-hydrogen) atoms. The van der Waals surface area contributed by atoms with E-state index in [4.69, 9.17) is 5.73 Å². The zero-order chi connectivity index (χ0) is 17.3. The lowest BCUT2D eigenvalue weighted by atomic mass is 10.1. The third-order valence-electron chi connectivity index (χ3n) is 3.65. The molecular formula is C16H16F2N6. The molecule has 3 rings (SSSR count). The molecule has 6 nitrogen and oxygen atoms in total. The SMILES string of the molecule is Cc1c(N)nc(Nc2cnn(C)c2)nc1Cc1c(F)cccc1F. The molecule has 2 aromatic heterocycles. The Balaban J connectivity index is 1.95. The van der Waals surface area contributed by atoms with Crippen LogP contribution in [0.1, 0.15) is 16.8 Å². The normalized spacial score (nSPS) is 10.8. The Hall–Kier alpha value is -3.03. The van der Waals surface area contributed by atoms with Gasteiger partial charge in [0.1, 0.15) is 17.5 Å². The highest BCUT2D eigenvalue weighted by Gasteiger charge is 2.15. The van der Waals surface area contributed by atoms with Crippen molar-refractivity contribution in [2.45, 2.75) is 13.3 Å². The molecular weight excluding hydrogens is 314 g/mol. The third kappa shape index (κ3) is 3.17. The summed E-state index contributed by atoms with van der Waals surface area (Å²) in [5.74, 6) is -0.734. The van der Waals surface area contributed by atoms with Crippen LogP contribution in [-0.2, 0) is 13.5 Å². The summed E-state index contributed by atoms with van der Waals surface area (Å²) in [5, 5.41) is 7.01. The molecule has 0 aliphatic carbocycles. The van der Waals surface area contributed by atoms with E-state index < -0.39 is 11.6 Å². The van der Waals surface area contributed by atoms with Crippen LogP contribution in [0.25, 0.3) is 0 Å². The van der Waals surface area contributed by atoms with Crippen molar-refractivity contribution in [1.82, 2.24) is 19.7 Å². The first-order valence-electron chi connectivity index (χ1n) is 7.25. The van der Waals surface area contributed by atoms with Gasteiger partial charge in [-0.3, -0.25) is 4.68 Å². The first-order chi connectivity index (χ1) is 11.4. The van der Waals surface area contributed by atoms with E-state index in [9.17, 15) is 8.78 Å². The Kier molecular flexibility index (Phi) is 4.11. The molecule has 0 unspecified atom stereocenters. The van der Waals surface area contributed by atoms with Crippen LogP contribution < -0.4 is 11.1 Å². The average molecular weight is 330 g/mol. The summed E-state index contributed by atoms with van der Waals surface area (Å²) in [5.41, 5.74) is 7.59. The molecule has 3 aromatic rings. The smallest absolute Gasteiger partial charge is 0.229 e. The minimum atomic E-state index is -0.617. The van der Waals surface area contributed by atoms with Crippen LogP contribution in [0.4, 0.5) is 26.2 Å². The Morgan fingerprint density at radius 1 is 1.21 bits per heavy atom. The van der Waals surface area contributed by atoms with Crippen LogP contribution in [0.2, 0.25) is 0 Å². The van der Waals surface area contributed by atoms with Crippen LogP contribution in [0, 0.1) is 18.6 Å². The highest BCUT2D eigenvalue weighted by molar-refractivity contribution is 5.55. The minimum absolute atomic E-state index is 0.0151. The predicted molar refractivity (Wildman–Crippen MR) is 86.8 cm³/mol. The number of aromatic nitrogens is 4. The van der Waals surface area contributed by atoms with Gasteiger partial charge >= 0.3 is 0 Å². The maximum Gasteiger partial charge on any atom is 0.229 e. The molecule has 0 aliphatic heterocycles. The monoisotopic (exact) mass is 330 g/mol. The van der Waals surface area contributed by atoms with Crippen molar-refractivity contribution >= 4 is 17.5 Å². The molecule has 3 N–H and O–H groups in total. The van der Waals surface area contributed by atoms with Gasteiger partial charge < -0.3 is 11.1 Å². The number of benzene rings is 1. The molecule has 2 heterocycles. The molecule has 0 radical (unpaired) electrons. The van der Waals surface area contributed by atoms with Crippen molar-refractivity contribution in [1.29, 1.82) is 0 Å². The average Bonchev–Trinajstić information content (AvgIpc) is 2.93. The third-order valence-corrected chi connectivity index (χ3v) is 3.65. The topological polar surface area (TPSA) is 81.6 Å². The lowest BCUT2D eigenvalue weighted by Gasteiger charge is -2.11. The molecule has 0 fully saturated rings. The first kappa shape index (κ1) is 15.9. The van der Waals surface area contributed by atoms with E-state index in [2.05, 4.69) is 20.4 Å². The molecule has 0 spiro atoms. The number of halogens is 2. The Morgan fingerprint density at radius 3 is 2.54 bits per heavy atom. The van der Waals surface area contributed by atoms with Crippen molar-refractivity contribution in [3.63, 3.8) is 0 Å². The fourth-order valence-electron chi connectivity index (χ4n) is 2.29. The van der Waals surface area contributed by atoms with Crippen LogP contribution in [0.3, 0.4) is 0 Å². The van der Waals surface area contributed by atoms with Gasteiger partial charge in [0.05, 0.1) is 17.6 Å². The minimum Gasteiger partial charge on any atom is -0.383 e. The van der Waals surface area contributed by atoms with Crippen molar-refractivity contribution in [3.05, 3.63) is 59.0 Å². The van der Waals surface area contributed by atoms with Gasteiger partial charge in [-0.25, -0.2) is 13.8 Å². The maximum absolute atomic E-state index is 13.9. The molecule has 0 saturated heterocycles. The first-order valence-corrected chi connectivity index (χ1v) is 7.25. The van der Waals surface area contributed by atoms with Gasteiger partial charge in [-0.15, -0.1) is 0 Å². The zero-order valence-electron chi connectivity index (χ0n) is 13.2. The van der Waals surface area contributed by atoms with Crippen LogP contribution >= 0.6 is 0 Å². The highest BCUT2D eigenvalue weighted by Crippen LogP contribution is 2.22. The van der Waals surface area contributed by atoms with Crippen molar-refractivity contribution in [2.24, 2.45) is 7.05 Å². The molecule has 0 atom stereocenters. The summed E-state index contributed by atoms with van der Waals surface area (Å²) < 4.78 is 29.4. The standard InChI is InChI=1S/C16H16F2N6/c1-9-14(6-11-12(17)4-3-5-13(11)18)22-16(23-15(9)19)21-10-7-20-24(2)8-10/h3-5,7-8H,6H2,1-2H3,(H3,19,21,22,23). The summed E-state index contributed by atoms with van der Waals surface area (Å²) in [6.45, 7) is 1.72. The van der Waals surface area contributed by atoms with E-state index in [1.807, 2.05) is 0 Å². The van der Waals surface area contributed by atoms with Gasteiger partial charge in [-0.05, 0) is 19.1 Å². The number of hydrogen-bond acceptors (Lipinski definition) is 5. The summed E-state index contributed by atoms with van der Waals surface area (Å²) in [6.07, 6.45) is 3.34. The van der Waals surface area contributed by atoms with Crippen molar-refractivity contribution < 1.29 is 8.78 Å². The number of nitrogen functional groups attached to an aromatic ring is 1. The van der Waals surface area contributed by atoms with Gasteiger partial charge in [0.15, 0.2) is 0 Å². The molecule has 8 heteroatoms. The van der Waals surface area contributed by atoms with Gasteiger partial charge in [-0.1, -0.05) is 6.07 Å². The number of nitrogens with zero attached hydrogens (tertiary/aromatic N) is 4. The van der Waals surface area contributed by atoms with E-state index in [0.29, 0.717) is 16.9 Å². The van der Waals surface area contributed by atoms with E-state index in [0.717, 1.165) is 0 Å². The molecule has 0 aliphatic rings. The van der Waals surface area contributed by atoms with E-state index in [-0.39, 0.29) is 23.8 Å². The van der Waals surface area contributed by atoms with Gasteiger partial charge in [-0.2, -0.15) is 10.1 Å². The molecule has 1 aromatic carbocycles. The van der Waals surface area contributed by atoms with Crippen LogP contribution in [-0.4, -0.2) is 19.7 Å². The predicted octanol–water partition coefficient (Wildman–Crippen LogP) is 2.71. The fraction of sp³-hybridized carbons (Fsp3) is 0.188. The molecule has 124 valence electrons. The van der Waals surface area contributed by atoms with E-state index >= 15 is 0 Å². The Morgan fingerprint density at radius 2 is 1.92 bits per heavy atom. The van der Waals surface area contributed by atoms with Gasteiger partial charge in [0.2, 0.25) is 5.95 Å². The number of nitrogens with two attached hydrogens (primary N) is 1. The molecule has 0 amide bonds. The second-order valence-corrected chi connectivity index (χ2v) is 5.41. The maximum atomic E-state index is 13.9. The summed E-state index contributed by atoms with van der Waals surface area (Å²) in [6, 6.07) is 3.75. The molecule has 0 saturated carbocycles. The Bertz CT molecular complexity index is 870. The lowest BCUT2D eigenvalue weighted by molar-refractivity contribution is 0.560. The fourth-order valence-corrected chi connectivity index (χ4v) is 2.29. The number of anilines is 3. The van der Waals surface area contributed by atoms with E-state index in [1.165, 1.54) is 18.2 Å². The van der Waals surface area contributed by atoms with Crippen LogP contribution in [0.5, 0.6) is 0 Å². The zero-order valence-corrected chi connectivity index (χ0v) is 13.2. The summed E-state index contributed by atoms with van der Waals surface area (Å²) in [7, 11) is 1.78. The number of rotatable bonds is 4. The summed E-state index contributed by atoms with van der Waals surface area (Å²) in [4.78, 5) is 8.50. The van der Waals surface area contributed by atoms with Crippen molar-refractivity contribution in [2.75, 3.05) is 11.1 Å². The largest absolute Gasteiger partial charge is 0.383 e. The van der Waals surface area contributed by atoms with Gasteiger partial charge in [0, 0.05) is 30.8 Å². The van der Waals surface area contributed by atoms with Crippen LogP contribution in [0.15, 0.2) is 30.6 Å². The van der Waals surface area contributed by atoms with Crippen molar-refractivity contribution in [3.8, 4) is 0 Å². The van der Waals surface area contributed by atoms with Gasteiger partial charge in [0.25, 0.3) is 0 Å². The highest BCUT2D eigenvalue weighted by atomic mass is 19.1. The number of nitrogens with one attached hydrogen (secondary N) is 1. The second kappa shape index (κ2) is 6.23. The lowest BCUT2D eigenvalue weighted by Crippen LogP contribution is -2.09. The molecule has 0 bridgehead atoms. The number of hydrogen-bond donors (Lipinski definition) is 2. The number of aryl methyl sites for hydroxylation is 1. The quantitative estimate of drug-likeness (QED) is 0.769. The van der Waals surface area contributed by atoms with E-state index in [1.54, 1.807) is 31.0 Å². The second-order valence-electron chi connectivity index (χ2n) is 5.41. The Labute approximate surface area is 137 Å².